The van der Waals surface area contributed by atoms with E-state index in [1.165, 1.54) is 7.11 Å². The van der Waals surface area contributed by atoms with Gasteiger partial charge in [-0.15, -0.1) is 0 Å². The van der Waals surface area contributed by atoms with Gasteiger partial charge in [0.1, 0.15) is 0 Å². The van der Waals surface area contributed by atoms with Crippen molar-refractivity contribution in [3.8, 4) is 0 Å². The second-order valence-electron chi connectivity index (χ2n) is 4.55. The molecule has 0 aromatic rings. The summed E-state index contributed by atoms with van der Waals surface area (Å²) in [4.78, 5) is 24.2. The maximum atomic E-state index is 11.6. The van der Waals surface area contributed by atoms with Crippen LogP contribution in [0.3, 0.4) is 0 Å². The molecule has 0 rings (SSSR count). The van der Waals surface area contributed by atoms with Crippen molar-refractivity contribution in [3.63, 3.8) is 0 Å². The van der Waals surface area contributed by atoms with Crippen molar-refractivity contribution in [2.45, 2.75) is 26.6 Å². The van der Waals surface area contributed by atoms with Gasteiger partial charge in [0.05, 0.1) is 20.2 Å². The number of hydrogen-bond donors (Lipinski definition) is 0. The molecule has 0 spiro atoms. The van der Waals surface area contributed by atoms with Crippen LogP contribution < -0.4 is 0 Å². The fourth-order valence-corrected chi connectivity index (χ4v) is 1.41. The van der Waals surface area contributed by atoms with Crippen LogP contribution in [0, 0.1) is 0 Å². The molecule has 0 bridgehead atoms. The third-order valence-corrected chi connectivity index (χ3v) is 2.43. The fourth-order valence-electron chi connectivity index (χ4n) is 1.41. The number of carbonyl (C=O) groups is 2. The smallest absolute Gasteiger partial charge is 0.384 e. The van der Waals surface area contributed by atoms with Gasteiger partial charge in [-0.3, -0.25) is 14.5 Å². The van der Waals surface area contributed by atoms with Gasteiger partial charge in [0.2, 0.25) is 0 Å². The normalized spacial score (nSPS) is 11.2. The molecule has 20 heavy (non-hydrogen) atoms. The second-order valence-corrected chi connectivity index (χ2v) is 4.55. The van der Waals surface area contributed by atoms with Crippen LogP contribution in [-0.2, 0) is 19.0 Å². The zero-order valence-electron chi connectivity index (χ0n) is 12.8. The molecule has 0 radical (unpaired) electrons. The number of likely N-dealkylation sites (N-methyl/N-ethyl adjacent to an activating group) is 1. The average Bonchev–Trinajstić information content (AvgIpc) is 2.37. The monoisotopic (exact) mass is 281 g/mol. The van der Waals surface area contributed by atoms with Crippen LogP contribution in [0.2, 0.25) is 6.82 Å². The Morgan fingerprint density at radius 2 is 1.85 bits per heavy atom. The van der Waals surface area contributed by atoms with Gasteiger partial charge in [-0.1, -0.05) is 37.5 Å². The lowest BCUT2D eigenvalue weighted by Crippen LogP contribution is -2.34. The molecule has 0 saturated heterocycles. The summed E-state index contributed by atoms with van der Waals surface area (Å²) < 4.78 is 9.71. The number of allylic oxidation sites excluding steroid dienone is 3. The average molecular weight is 281 g/mol. The Hall–Kier alpha value is -1.56. The summed E-state index contributed by atoms with van der Waals surface area (Å²) in [5.41, 5.74) is 0. The molecule has 0 aromatic heterocycles. The number of unbranched alkanes of at least 4 members (excludes halogenated alkanes) is 1. The molecule has 0 fully saturated rings. The van der Waals surface area contributed by atoms with Crippen molar-refractivity contribution in [1.29, 1.82) is 0 Å². The molecule has 0 aromatic carbocycles. The van der Waals surface area contributed by atoms with Crippen molar-refractivity contribution in [3.05, 3.63) is 24.2 Å². The lowest BCUT2D eigenvalue weighted by molar-refractivity contribution is -0.142. The van der Waals surface area contributed by atoms with E-state index < -0.39 is 0 Å². The number of ether oxygens (including phenoxy) is 1. The first-order chi connectivity index (χ1) is 9.49. The highest BCUT2D eigenvalue weighted by Crippen LogP contribution is 1.94. The van der Waals surface area contributed by atoms with Crippen LogP contribution in [0.25, 0.3) is 0 Å². The molecule has 0 saturated carbocycles. The molecule has 0 unspecified atom stereocenters. The largest absolute Gasteiger partial charge is 0.531 e. The van der Waals surface area contributed by atoms with Gasteiger partial charge in [-0.05, 0) is 20.3 Å². The van der Waals surface area contributed by atoms with Gasteiger partial charge in [0, 0.05) is 0 Å². The number of hydrogen-bond acceptors (Lipinski definition) is 5. The Morgan fingerprint density at radius 3 is 2.45 bits per heavy atom. The Morgan fingerprint density at radius 1 is 1.20 bits per heavy atom. The van der Waals surface area contributed by atoms with Crippen LogP contribution in [0.1, 0.15) is 19.8 Å². The van der Waals surface area contributed by atoms with Crippen LogP contribution in [0.4, 0.5) is 0 Å². The summed E-state index contributed by atoms with van der Waals surface area (Å²) in [7, 11) is 2.97. The number of nitrogens with zero attached hydrogens (tertiary/aromatic N) is 1. The van der Waals surface area contributed by atoms with E-state index in [0.29, 0.717) is 0 Å². The van der Waals surface area contributed by atoms with E-state index in [-0.39, 0.29) is 31.9 Å². The van der Waals surface area contributed by atoms with E-state index in [1.54, 1.807) is 18.8 Å². The van der Waals surface area contributed by atoms with Crippen molar-refractivity contribution >= 4 is 18.9 Å². The summed E-state index contributed by atoms with van der Waals surface area (Å²) in [6.07, 6.45) is 8.02. The van der Waals surface area contributed by atoms with E-state index in [4.69, 9.17) is 4.65 Å². The maximum Gasteiger partial charge on any atom is 0.384 e. The molecule has 0 aliphatic carbocycles. The Balaban J connectivity index is 3.98. The van der Waals surface area contributed by atoms with Gasteiger partial charge in [-0.25, -0.2) is 0 Å². The number of carbonyl (C=O) groups excluding carboxylic acids is 2. The molecule has 0 heterocycles. The summed E-state index contributed by atoms with van der Waals surface area (Å²) in [5.74, 6) is 1.06. The topological polar surface area (TPSA) is 55.8 Å². The first-order valence-electron chi connectivity index (χ1n) is 6.77. The van der Waals surface area contributed by atoms with E-state index >= 15 is 0 Å². The zero-order valence-corrected chi connectivity index (χ0v) is 12.8. The first-order valence-corrected chi connectivity index (χ1v) is 6.77. The van der Waals surface area contributed by atoms with E-state index in [0.717, 1.165) is 12.8 Å². The fraction of sp³-hybridized carbons (Fsp3) is 0.571. The predicted molar refractivity (Wildman–Crippen MR) is 80.4 cm³/mol. The molecule has 6 heteroatoms. The minimum absolute atomic E-state index is 0.0545. The standard InChI is InChI=1S/C14H24BNO4/c1-5-6-7-8-9-10-15(2)20-14(18)12-16(3)11-13(17)19-4/h7-10H,5-6,11-12H2,1-4H3/b8-7+,10-9+. The molecule has 0 aliphatic heterocycles. The predicted octanol–water partition coefficient (Wildman–Crippen LogP) is 1.71. The van der Waals surface area contributed by atoms with Crippen LogP contribution in [0.5, 0.6) is 0 Å². The van der Waals surface area contributed by atoms with E-state index in [9.17, 15) is 9.59 Å². The number of methoxy groups -OCH3 is 1. The molecule has 0 amide bonds. The molecule has 0 atom stereocenters. The quantitative estimate of drug-likeness (QED) is 0.366. The van der Waals surface area contributed by atoms with Crippen LogP contribution in [0.15, 0.2) is 24.2 Å². The second kappa shape index (κ2) is 11.3. The van der Waals surface area contributed by atoms with Crippen molar-refractivity contribution in [2.24, 2.45) is 0 Å². The Bertz CT molecular complexity index is 355. The summed E-state index contributed by atoms with van der Waals surface area (Å²) in [6.45, 7) is 3.74. The molecule has 112 valence electrons. The van der Waals surface area contributed by atoms with Gasteiger partial charge in [-0.2, -0.15) is 0 Å². The summed E-state index contributed by atoms with van der Waals surface area (Å²) in [5, 5.41) is 0. The highest BCUT2D eigenvalue weighted by molar-refractivity contribution is 6.58. The molecular weight excluding hydrogens is 257 g/mol. The van der Waals surface area contributed by atoms with Crippen LogP contribution >= 0.6 is 0 Å². The lowest BCUT2D eigenvalue weighted by atomic mass is 9.71. The molecular formula is C14H24BNO4. The molecule has 0 N–H and O–H groups in total. The minimum Gasteiger partial charge on any atom is -0.531 e. The molecule has 0 aliphatic rings. The van der Waals surface area contributed by atoms with E-state index in [2.05, 4.69) is 17.7 Å². The first kappa shape index (κ1) is 18.4. The van der Waals surface area contributed by atoms with Crippen molar-refractivity contribution < 1.29 is 19.0 Å². The number of esters is 1. The van der Waals surface area contributed by atoms with Gasteiger partial charge >= 0.3 is 18.9 Å². The van der Waals surface area contributed by atoms with Crippen molar-refractivity contribution in [1.82, 2.24) is 4.90 Å². The van der Waals surface area contributed by atoms with Crippen molar-refractivity contribution in [2.75, 3.05) is 27.2 Å². The Kier molecular flexibility index (Phi) is 10.4. The number of rotatable bonds is 9. The van der Waals surface area contributed by atoms with E-state index in [1.807, 2.05) is 18.1 Å². The van der Waals surface area contributed by atoms with Gasteiger partial charge in [0.25, 0.3) is 0 Å². The Labute approximate surface area is 121 Å². The van der Waals surface area contributed by atoms with Gasteiger partial charge < -0.3 is 9.39 Å². The highest BCUT2D eigenvalue weighted by atomic mass is 16.5. The SMILES string of the molecule is CCC/C=C/C=C/B(C)OC(=O)CN(C)CC(=O)OC. The molecule has 5 nitrogen and oxygen atoms in total. The maximum absolute atomic E-state index is 11.6. The minimum atomic E-state index is -0.380. The summed E-state index contributed by atoms with van der Waals surface area (Å²) in [6, 6.07) is 0. The highest BCUT2D eigenvalue weighted by Gasteiger charge is 2.14. The lowest BCUT2D eigenvalue weighted by Gasteiger charge is -2.15. The van der Waals surface area contributed by atoms with Crippen LogP contribution in [-0.4, -0.2) is 51.0 Å². The third-order valence-electron chi connectivity index (χ3n) is 2.43. The van der Waals surface area contributed by atoms with Gasteiger partial charge in [0.15, 0.2) is 0 Å². The summed E-state index contributed by atoms with van der Waals surface area (Å²) >= 11 is 0. The third kappa shape index (κ3) is 10.4. The zero-order chi connectivity index (χ0) is 15.4.